The molecule has 0 saturated heterocycles. The van der Waals surface area contributed by atoms with Crippen LogP contribution in [0.1, 0.15) is 37.0 Å². The Labute approximate surface area is 109 Å². The van der Waals surface area contributed by atoms with E-state index >= 15 is 0 Å². The number of anilines is 1. The number of methoxy groups -OCH3 is 1. The van der Waals surface area contributed by atoms with Gasteiger partial charge in [-0.3, -0.25) is 4.79 Å². The second-order valence-corrected chi connectivity index (χ2v) is 4.25. The number of hydrogen-bond donors (Lipinski definition) is 1. The number of ether oxygens (including phenoxy) is 1. The highest BCUT2D eigenvalue weighted by Gasteiger charge is 2.16. The van der Waals surface area contributed by atoms with Crippen molar-refractivity contribution in [3.63, 3.8) is 0 Å². The number of carbonyl (C=O) groups is 1. The Morgan fingerprint density at radius 2 is 1.89 bits per heavy atom. The Balaban J connectivity index is 2.93. The maximum absolute atomic E-state index is 12.4. The highest BCUT2D eigenvalue weighted by atomic mass is 16.5. The van der Waals surface area contributed by atoms with Gasteiger partial charge in [0.05, 0.1) is 12.7 Å². The normalized spacial score (nSPS) is 10.2. The summed E-state index contributed by atoms with van der Waals surface area (Å²) < 4.78 is 5.08. The molecule has 0 aromatic heterocycles. The molecule has 1 aromatic carbocycles. The molecule has 1 aromatic rings. The summed E-state index contributed by atoms with van der Waals surface area (Å²) in [4.78, 5) is 14.2. The molecule has 0 saturated carbocycles. The molecule has 0 bridgehead atoms. The number of carbonyl (C=O) groups excluding carboxylic acids is 1. The lowest BCUT2D eigenvalue weighted by molar-refractivity contribution is 0.0756. The molecule has 4 heteroatoms. The zero-order valence-electron chi connectivity index (χ0n) is 11.4. The van der Waals surface area contributed by atoms with Crippen molar-refractivity contribution in [2.75, 3.05) is 25.9 Å². The fourth-order valence-electron chi connectivity index (χ4n) is 1.89. The van der Waals surface area contributed by atoms with Crippen molar-refractivity contribution in [1.29, 1.82) is 0 Å². The van der Waals surface area contributed by atoms with E-state index in [0.29, 0.717) is 17.0 Å². The summed E-state index contributed by atoms with van der Waals surface area (Å²) in [5.41, 5.74) is 6.92. The van der Waals surface area contributed by atoms with Gasteiger partial charge in [0.25, 0.3) is 5.91 Å². The Morgan fingerprint density at radius 3 is 2.33 bits per heavy atom. The Kier molecular flexibility index (Phi) is 5.49. The van der Waals surface area contributed by atoms with Gasteiger partial charge < -0.3 is 15.4 Å². The second-order valence-electron chi connectivity index (χ2n) is 4.25. The molecule has 0 aliphatic carbocycles. The third-order valence-electron chi connectivity index (χ3n) is 2.76. The van der Waals surface area contributed by atoms with E-state index in [4.69, 9.17) is 10.5 Å². The van der Waals surface area contributed by atoms with Gasteiger partial charge in [-0.1, -0.05) is 13.8 Å². The van der Waals surface area contributed by atoms with Crippen LogP contribution in [0.4, 0.5) is 5.69 Å². The Bertz CT molecular complexity index is 399. The van der Waals surface area contributed by atoms with E-state index < -0.39 is 0 Å². The van der Waals surface area contributed by atoms with Crippen molar-refractivity contribution >= 4 is 11.6 Å². The van der Waals surface area contributed by atoms with Gasteiger partial charge in [0, 0.05) is 24.8 Å². The average molecular weight is 250 g/mol. The molecule has 100 valence electrons. The minimum absolute atomic E-state index is 0.00106. The minimum atomic E-state index is -0.00106. The first kappa shape index (κ1) is 14.4. The zero-order valence-corrected chi connectivity index (χ0v) is 11.4. The van der Waals surface area contributed by atoms with E-state index in [1.54, 1.807) is 25.3 Å². The van der Waals surface area contributed by atoms with Crippen LogP contribution in [0, 0.1) is 0 Å². The molecule has 0 aliphatic heterocycles. The van der Waals surface area contributed by atoms with Gasteiger partial charge in [-0.2, -0.15) is 0 Å². The number of nitrogens with zero attached hydrogens (tertiary/aromatic N) is 1. The molecule has 0 heterocycles. The Morgan fingerprint density at radius 1 is 1.28 bits per heavy atom. The summed E-state index contributed by atoms with van der Waals surface area (Å²) in [7, 11) is 1.58. The van der Waals surface area contributed by atoms with E-state index in [0.717, 1.165) is 25.9 Å². The van der Waals surface area contributed by atoms with Crippen LogP contribution < -0.4 is 10.5 Å². The lowest BCUT2D eigenvalue weighted by atomic mass is 10.1. The number of hydrogen-bond acceptors (Lipinski definition) is 3. The van der Waals surface area contributed by atoms with Gasteiger partial charge in [0.1, 0.15) is 5.75 Å². The zero-order chi connectivity index (χ0) is 13.5. The van der Waals surface area contributed by atoms with Crippen molar-refractivity contribution in [2.24, 2.45) is 0 Å². The number of amides is 1. The van der Waals surface area contributed by atoms with Gasteiger partial charge in [0.15, 0.2) is 0 Å². The van der Waals surface area contributed by atoms with E-state index in [2.05, 4.69) is 13.8 Å². The van der Waals surface area contributed by atoms with Crippen molar-refractivity contribution < 1.29 is 9.53 Å². The quantitative estimate of drug-likeness (QED) is 0.789. The van der Waals surface area contributed by atoms with Gasteiger partial charge in [0.2, 0.25) is 0 Å². The van der Waals surface area contributed by atoms with Crippen LogP contribution in [0.2, 0.25) is 0 Å². The van der Waals surface area contributed by atoms with Crippen molar-refractivity contribution in [2.45, 2.75) is 26.7 Å². The molecule has 1 amide bonds. The summed E-state index contributed by atoms with van der Waals surface area (Å²) in [6.45, 7) is 5.65. The SMILES string of the molecule is CCCN(CCC)C(=O)c1ccc(OC)cc1N. The van der Waals surface area contributed by atoms with Gasteiger partial charge in [-0.05, 0) is 25.0 Å². The third kappa shape index (κ3) is 3.39. The van der Waals surface area contributed by atoms with Crippen LogP contribution >= 0.6 is 0 Å². The van der Waals surface area contributed by atoms with E-state index in [9.17, 15) is 4.79 Å². The first-order chi connectivity index (χ1) is 8.63. The molecule has 18 heavy (non-hydrogen) atoms. The first-order valence-corrected chi connectivity index (χ1v) is 6.36. The molecule has 0 radical (unpaired) electrons. The first-order valence-electron chi connectivity index (χ1n) is 6.36. The fraction of sp³-hybridized carbons (Fsp3) is 0.500. The summed E-state index contributed by atoms with van der Waals surface area (Å²) in [5.74, 6) is 0.667. The molecular weight excluding hydrogens is 228 g/mol. The molecule has 0 fully saturated rings. The molecule has 0 aliphatic rings. The molecule has 0 unspecified atom stereocenters. The lowest BCUT2D eigenvalue weighted by Crippen LogP contribution is -2.32. The van der Waals surface area contributed by atoms with E-state index in [1.165, 1.54) is 0 Å². The average Bonchev–Trinajstić information content (AvgIpc) is 2.37. The topological polar surface area (TPSA) is 55.6 Å². The predicted octanol–water partition coefficient (Wildman–Crippen LogP) is 2.54. The molecule has 0 spiro atoms. The maximum atomic E-state index is 12.4. The van der Waals surface area contributed by atoms with E-state index in [-0.39, 0.29) is 5.91 Å². The van der Waals surface area contributed by atoms with Crippen molar-refractivity contribution in [3.05, 3.63) is 23.8 Å². The monoisotopic (exact) mass is 250 g/mol. The van der Waals surface area contributed by atoms with Crippen LogP contribution in [-0.2, 0) is 0 Å². The second kappa shape index (κ2) is 6.89. The standard InChI is InChI=1S/C14H22N2O2/c1-4-8-16(9-5-2)14(17)12-7-6-11(18-3)10-13(12)15/h6-7,10H,4-5,8-9,15H2,1-3H3. The highest BCUT2D eigenvalue weighted by Crippen LogP contribution is 2.21. The summed E-state index contributed by atoms with van der Waals surface area (Å²) in [6, 6.07) is 5.18. The van der Waals surface area contributed by atoms with Crippen molar-refractivity contribution in [1.82, 2.24) is 4.90 Å². The smallest absolute Gasteiger partial charge is 0.255 e. The van der Waals surface area contributed by atoms with Crippen LogP contribution in [0.25, 0.3) is 0 Å². The fourth-order valence-corrected chi connectivity index (χ4v) is 1.89. The lowest BCUT2D eigenvalue weighted by Gasteiger charge is -2.22. The molecule has 4 nitrogen and oxygen atoms in total. The molecule has 0 atom stereocenters. The highest BCUT2D eigenvalue weighted by molar-refractivity contribution is 5.99. The maximum Gasteiger partial charge on any atom is 0.255 e. The number of benzene rings is 1. The van der Waals surface area contributed by atoms with Gasteiger partial charge in [-0.25, -0.2) is 0 Å². The summed E-state index contributed by atoms with van der Waals surface area (Å²) in [6.07, 6.45) is 1.89. The van der Waals surface area contributed by atoms with Crippen molar-refractivity contribution in [3.8, 4) is 5.75 Å². The number of nitrogens with two attached hydrogens (primary N) is 1. The van der Waals surface area contributed by atoms with E-state index in [1.807, 2.05) is 4.90 Å². The van der Waals surface area contributed by atoms with Crippen LogP contribution in [0.3, 0.4) is 0 Å². The molecule has 1 rings (SSSR count). The number of rotatable bonds is 6. The predicted molar refractivity (Wildman–Crippen MR) is 73.9 cm³/mol. The van der Waals surface area contributed by atoms with Crippen LogP contribution in [0.5, 0.6) is 5.75 Å². The largest absolute Gasteiger partial charge is 0.497 e. The van der Waals surface area contributed by atoms with Gasteiger partial charge in [-0.15, -0.1) is 0 Å². The molecular formula is C14H22N2O2. The van der Waals surface area contributed by atoms with Gasteiger partial charge >= 0.3 is 0 Å². The summed E-state index contributed by atoms with van der Waals surface area (Å²) >= 11 is 0. The van der Waals surface area contributed by atoms with Crippen LogP contribution in [0.15, 0.2) is 18.2 Å². The summed E-state index contributed by atoms with van der Waals surface area (Å²) in [5, 5.41) is 0. The third-order valence-corrected chi connectivity index (χ3v) is 2.76. The van der Waals surface area contributed by atoms with Crippen LogP contribution in [-0.4, -0.2) is 31.0 Å². The molecule has 2 N–H and O–H groups in total. The number of nitrogen functional groups attached to an aromatic ring is 1. The Hall–Kier alpha value is -1.71. The minimum Gasteiger partial charge on any atom is -0.497 e.